The molecular formula is C21H30N2O4S. The lowest BCUT2D eigenvalue weighted by Crippen LogP contribution is -2.71. The number of carbonyl (C=O) groups is 1. The molecule has 0 saturated heterocycles. The molecule has 1 aromatic carbocycles. The van der Waals surface area contributed by atoms with Gasteiger partial charge in [-0.2, -0.15) is 0 Å². The van der Waals surface area contributed by atoms with Gasteiger partial charge >= 0.3 is 0 Å². The van der Waals surface area contributed by atoms with E-state index in [0.29, 0.717) is 30.4 Å². The first-order valence-electron chi connectivity index (χ1n) is 10.1. The first-order chi connectivity index (χ1) is 13.0. The van der Waals surface area contributed by atoms with Gasteiger partial charge in [0.2, 0.25) is 10.0 Å². The van der Waals surface area contributed by atoms with Gasteiger partial charge in [0, 0.05) is 0 Å². The maximum absolute atomic E-state index is 13.2. The standard InChI is InChI=1S/C21H30N2O4S/c1-13-6-4-5-7-17(13)27-20(2,3)19(24)23-18-16-9-14-8-15(10-16)12-21(18,11-14)28(22,25)26/h4-7,14-16,18H,8-12H2,1-3H3,(H,23,24)(H2,22,25,26)/t14?,15?,16?,18-,21?/m0/s1. The molecule has 0 spiro atoms. The van der Waals surface area contributed by atoms with E-state index < -0.39 is 26.4 Å². The Kier molecular flexibility index (Phi) is 4.54. The molecule has 6 nitrogen and oxygen atoms in total. The molecule has 1 amide bonds. The highest BCUT2D eigenvalue weighted by Crippen LogP contribution is 2.58. The van der Waals surface area contributed by atoms with E-state index in [-0.39, 0.29) is 11.8 Å². The van der Waals surface area contributed by atoms with Crippen LogP contribution in [0, 0.1) is 24.7 Å². The molecule has 0 aromatic heterocycles. The second-order valence-corrected chi connectivity index (χ2v) is 11.4. The summed E-state index contributed by atoms with van der Waals surface area (Å²) in [4.78, 5) is 13.2. The Labute approximate surface area is 167 Å². The summed E-state index contributed by atoms with van der Waals surface area (Å²) in [6.45, 7) is 5.36. The van der Waals surface area contributed by atoms with E-state index in [2.05, 4.69) is 5.32 Å². The van der Waals surface area contributed by atoms with Gasteiger partial charge in [-0.05, 0) is 82.3 Å². The number of sulfonamides is 1. The third-order valence-electron chi connectivity index (χ3n) is 7.10. The van der Waals surface area contributed by atoms with Crippen LogP contribution in [0.2, 0.25) is 0 Å². The Morgan fingerprint density at radius 3 is 2.36 bits per heavy atom. The van der Waals surface area contributed by atoms with Gasteiger partial charge in [-0.1, -0.05) is 18.2 Å². The average Bonchev–Trinajstić information content (AvgIpc) is 2.58. The van der Waals surface area contributed by atoms with Crippen molar-refractivity contribution in [2.24, 2.45) is 22.9 Å². The summed E-state index contributed by atoms with van der Waals surface area (Å²) in [5.41, 5.74) is -0.181. The number of hydrogen-bond acceptors (Lipinski definition) is 4. The molecule has 4 aliphatic carbocycles. The Morgan fingerprint density at radius 1 is 1.18 bits per heavy atom. The van der Waals surface area contributed by atoms with Gasteiger partial charge in [0.25, 0.3) is 5.91 Å². The number of hydrogen-bond donors (Lipinski definition) is 2. The molecule has 3 atom stereocenters. The number of nitrogens with two attached hydrogens (primary N) is 1. The molecule has 0 radical (unpaired) electrons. The smallest absolute Gasteiger partial charge is 0.263 e. The van der Waals surface area contributed by atoms with Crippen LogP contribution < -0.4 is 15.2 Å². The van der Waals surface area contributed by atoms with E-state index in [1.54, 1.807) is 13.8 Å². The molecule has 4 saturated carbocycles. The molecule has 3 N–H and O–H groups in total. The van der Waals surface area contributed by atoms with Gasteiger partial charge in [-0.15, -0.1) is 0 Å². The lowest BCUT2D eigenvalue weighted by Gasteiger charge is -2.59. The maximum atomic E-state index is 13.2. The number of nitrogens with one attached hydrogen (secondary N) is 1. The maximum Gasteiger partial charge on any atom is 0.263 e. The van der Waals surface area contributed by atoms with E-state index in [4.69, 9.17) is 9.88 Å². The minimum Gasteiger partial charge on any atom is -0.478 e. The van der Waals surface area contributed by atoms with E-state index in [9.17, 15) is 13.2 Å². The van der Waals surface area contributed by atoms with E-state index in [0.717, 1.165) is 24.8 Å². The van der Waals surface area contributed by atoms with Gasteiger partial charge in [-0.25, -0.2) is 13.6 Å². The Hall–Kier alpha value is -1.60. The molecule has 5 rings (SSSR count). The number of benzene rings is 1. The lowest BCUT2D eigenvalue weighted by atomic mass is 9.53. The van der Waals surface area contributed by atoms with Crippen LogP contribution in [0.3, 0.4) is 0 Å². The van der Waals surface area contributed by atoms with Crippen molar-refractivity contribution in [1.29, 1.82) is 0 Å². The fourth-order valence-corrected chi connectivity index (χ4v) is 7.47. The van der Waals surface area contributed by atoms with Gasteiger partial charge in [0.15, 0.2) is 5.60 Å². The van der Waals surface area contributed by atoms with Crippen LogP contribution in [0.5, 0.6) is 5.75 Å². The summed E-state index contributed by atoms with van der Waals surface area (Å²) < 4.78 is 30.3. The third-order valence-corrected chi connectivity index (χ3v) is 8.82. The van der Waals surface area contributed by atoms with Crippen molar-refractivity contribution in [3.05, 3.63) is 29.8 Å². The number of ether oxygens (including phenoxy) is 1. The van der Waals surface area contributed by atoms with Crippen molar-refractivity contribution in [3.8, 4) is 5.75 Å². The van der Waals surface area contributed by atoms with E-state index >= 15 is 0 Å². The second kappa shape index (κ2) is 6.46. The highest BCUT2D eigenvalue weighted by Gasteiger charge is 2.63. The zero-order valence-electron chi connectivity index (χ0n) is 16.8. The van der Waals surface area contributed by atoms with Crippen LogP contribution in [0.1, 0.15) is 51.5 Å². The minimum absolute atomic E-state index is 0.169. The monoisotopic (exact) mass is 406 g/mol. The fourth-order valence-electron chi connectivity index (χ4n) is 5.93. The molecule has 28 heavy (non-hydrogen) atoms. The third kappa shape index (κ3) is 3.12. The lowest BCUT2D eigenvalue weighted by molar-refractivity contribution is -0.137. The molecular weight excluding hydrogens is 376 g/mol. The topological polar surface area (TPSA) is 98.5 Å². The van der Waals surface area contributed by atoms with Gasteiger partial charge in [0.1, 0.15) is 10.5 Å². The number of carbonyl (C=O) groups excluding carboxylic acids is 1. The van der Waals surface area contributed by atoms with Crippen LogP contribution in [-0.4, -0.2) is 30.7 Å². The molecule has 2 unspecified atom stereocenters. The Morgan fingerprint density at radius 2 is 1.79 bits per heavy atom. The first-order valence-corrected chi connectivity index (χ1v) is 11.6. The molecule has 4 bridgehead atoms. The summed E-state index contributed by atoms with van der Waals surface area (Å²) in [7, 11) is -3.78. The molecule has 0 heterocycles. The van der Waals surface area contributed by atoms with Crippen LogP contribution in [0.4, 0.5) is 0 Å². The van der Waals surface area contributed by atoms with Crippen molar-refractivity contribution < 1.29 is 17.9 Å². The van der Waals surface area contributed by atoms with Gasteiger partial charge < -0.3 is 10.1 Å². The van der Waals surface area contributed by atoms with E-state index in [1.165, 1.54) is 0 Å². The van der Waals surface area contributed by atoms with Crippen LogP contribution in [-0.2, 0) is 14.8 Å². The normalized spacial score (nSPS) is 34.3. The summed E-state index contributed by atoms with van der Waals surface area (Å²) in [6.07, 6.45) is 4.15. The predicted molar refractivity (Wildman–Crippen MR) is 107 cm³/mol. The molecule has 4 fully saturated rings. The quantitative estimate of drug-likeness (QED) is 0.785. The van der Waals surface area contributed by atoms with Crippen molar-refractivity contribution in [3.63, 3.8) is 0 Å². The first kappa shape index (κ1) is 19.7. The molecule has 0 aliphatic heterocycles. The highest BCUT2D eigenvalue weighted by atomic mass is 32.2. The molecule has 4 aliphatic rings. The zero-order chi connectivity index (χ0) is 20.3. The Balaban J connectivity index is 1.58. The number of primary sulfonamides is 1. The summed E-state index contributed by atoms with van der Waals surface area (Å²) in [5, 5.41) is 8.81. The minimum atomic E-state index is -3.78. The van der Waals surface area contributed by atoms with Crippen LogP contribution in [0.15, 0.2) is 24.3 Å². The van der Waals surface area contributed by atoms with Crippen LogP contribution >= 0.6 is 0 Å². The van der Waals surface area contributed by atoms with Crippen molar-refractivity contribution in [1.82, 2.24) is 5.32 Å². The molecule has 1 aromatic rings. The largest absolute Gasteiger partial charge is 0.478 e. The number of aryl methyl sites for hydroxylation is 1. The second-order valence-electron chi connectivity index (χ2n) is 9.55. The summed E-state index contributed by atoms with van der Waals surface area (Å²) in [6, 6.07) is 7.10. The van der Waals surface area contributed by atoms with Crippen LogP contribution in [0.25, 0.3) is 0 Å². The fraction of sp³-hybridized carbons (Fsp3) is 0.667. The van der Waals surface area contributed by atoms with E-state index in [1.807, 2.05) is 31.2 Å². The average molecular weight is 407 g/mol. The molecule has 154 valence electrons. The number of rotatable bonds is 5. The number of para-hydroxylation sites is 1. The van der Waals surface area contributed by atoms with Crippen molar-refractivity contribution >= 4 is 15.9 Å². The highest BCUT2D eigenvalue weighted by molar-refractivity contribution is 7.90. The summed E-state index contributed by atoms with van der Waals surface area (Å²) >= 11 is 0. The summed E-state index contributed by atoms with van der Waals surface area (Å²) in [5.74, 6) is 1.33. The molecule has 7 heteroatoms. The van der Waals surface area contributed by atoms with Crippen molar-refractivity contribution in [2.75, 3.05) is 0 Å². The Bertz CT molecular complexity index is 881. The van der Waals surface area contributed by atoms with Crippen molar-refractivity contribution in [2.45, 2.75) is 69.3 Å². The number of amides is 1. The zero-order valence-corrected chi connectivity index (χ0v) is 17.6. The SMILES string of the molecule is Cc1ccccc1OC(C)(C)C(=O)N[C@H]1C2CC3CC(C2)CC1(S(N)(=O)=O)C3. The predicted octanol–water partition coefficient (Wildman–Crippen LogP) is 2.50. The van der Waals surface area contributed by atoms with Gasteiger partial charge in [0.05, 0.1) is 6.04 Å². The van der Waals surface area contributed by atoms with Gasteiger partial charge in [-0.3, -0.25) is 4.79 Å².